The van der Waals surface area contributed by atoms with Crippen LogP contribution in [0.3, 0.4) is 0 Å². The molecule has 0 aliphatic carbocycles. The summed E-state index contributed by atoms with van der Waals surface area (Å²) in [5.74, 6) is -0.918. The fourth-order valence-electron chi connectivity index (χ4n) is 2.22. The van der Waals surface area contributed by atoms with Crippen molar-refractivity contribution in [3.63, 3.8) is 0 Å². The van der Waals surface area contributed by atoms with Crippen LogP contribution in [0.25, 0.3) is 11.3 Å². The van der Waals surface area contributed by atoms with Crippen molar-refractivity contribution in [3.8, 4) is 11.3 Å². The molecule has 128 valence electrons. The van der Waals surface area contributed by atoms with Gasteiger partial charge in [0.25, 0.3) is 5.91 Å². The molecule has 0 aliphatic heterocycles. The Morgan fingerprint density at radius 3 is 2.52 bits per heavy atom. The summed E-state index contributed by atoms with van der Waals surface area (Å²) in [4.78, 5) is 19.7. The smallest absolute Gasteiger partial charge is 0.335 e. The maximum absolute atomic E-state index is 13.3. The number of nitrogens with zero attached hydrogens (tertiary/aromatic N) is 3. The van der Waals surface area contributed by atoms with Crippen molar-refractivity contribution in [1.82, 2.24) is 25.5 Å². The van der Waals surface area contributed by atoms with Gasteiger partial charge in [0.1, 0.15) is 5.69 Å². The number of rotatable bonds is 4. The monoisotopic (exact) mass is 347 g/mol. The van der Waals surface area contributed by atoms with Crippen molar-refractivity contribution in [3.05, 3.63) is 66.4 Å². The van der Waals surface area contributed by atoms with Gasteiger partial charge in [-0.15, -0.1) is 0 Å². The molecule has 25 heavy (non-hydrogen) atoms. The van der Waals surface area contributed by atoms with Crippen molar-refractivity contribution < 1.29 is 18.0 Å². The van der Waals surface area contributed by atoms with Gasteiger partial charge in [-0.3, -0.25) is 19.9 Å². The van der Waals surface area contributed by atoms with E-state index in [9.17, 15) is 18.0 Å². The molecule has 0 saturated heterocycles. The zero-order valence-electron chi connectivity index (χ0n) is 12.7. The lowest BCUT2D eigenvalue weighted by molar-refractivity contribution is -0.155. The van der Waals surface area contributed by atoms with Crippen LogP contribution in [-0.4, -0.2) is 32.2 Å². The van der Waals surface area contributed by atoms with Gasteiger partial charge in [0.15, 0.2) is 6.04 Å². The molecule has 0 spiro atoms. The minimum absolute atomic E-state index is 0.0787. The molecule has 1 unspecified atom stereocenters. The first-order chi connectivity index (χ1) is 11.9. The van der Waals surface area contributed by atoms with Gasteiger partial charge >= 0.3 is 6.18 Å². The Morgan fingerprint density at radius 2 is 1.88 bits per heavy atom. The molecule has 9 heteroatoms. The fraction of sp³-hybridized carbons (Fsp3) is 0.125. The van der Waals surface area contributed by atoms with Gasteiger partial charge in [-0.1, -0.05) is 6.07 Å². The van der Waals surface area contributed by atoms with Gasteiger partial charge in [-0.25, -0.2) is 0 Å². The maximum Gasteiger partial charge on any atom is 0.412 e. The third-order valence-electron chi connectivity index (χ3n) is 3.42. The molecule has 1 atom stereocenters. The number of carbonyl (C=O) groups is 1. The summed E-state index contributed by atoms with van der Waals surface area (Å²) in [6.07, 6.45) is 0.854. The lowest BCUT2D eigenvalue weighted by Crippen LogP contribution is -2.38. The lowest BCUT2D eigenvalue weighted by Gasteiger charge is -2.21. The van der Waals surface area contributed by atoms with E-state index in [2.05, 4.69) is 20.2 Å². The van der Waals surface area contributed by atoms with Gasteiger partial charge in [0.05, 0.1) is 5.69 Å². The Labute approximate surface area is 140 Å². The number of aromatic nitrogens is 4. The molecular weight excluding hydrogens is 335 g/mol. The number of nitrogens with one attached hydrogen (secondary N) is 2. The highest BCUT2D eigenvalue weighted by Crippen LogP contribution is 2.32. The van der Waals surface area contributed by atoms with Gasteiger partial charge < -0.3 is 5.32 Å². The van der Waals surface area contributed by atoms with Crippen LogP contribution in [0.5, 0.6) is 0 Å². The Kier molecular flexibility index (Phi) is 4.46. The average Bonchev–Trinajstić information content (AvgIpc) is 3.10. The van der Waals surface area contributed by atoms with Gasteiger partial charge in [-0.2, -0.15) is 18.3 Å². The topological polar surface area (TPSA) is 83.6 Å². The zero-order chi connectivity index (χ0) is 17.9. The van der Waals surface area contributed by atoms with Gasteiger partial charge in [-0.05, 0) is 24.3 Å². The highest BCUT2D eigenvalue weighted by molar-refractivity contribution is 5.93. The van der Waals surface area contributed by atoms with E-state index in [-0.39, 0.29) is 11.3 Å². The SMILES string of the molecule is O=C(NC(c1cccnc1)C(F)(F)F)c1cc(-c2ccncc2)n[nH]1. The van der Waals surface area contributed by atoms with Crippen molar-refractivity contribution in [2.24, 2.45) is 0 Å². The van der Waals surface area contributed by atoms with Crippen LogP contribution < -0.4 is 5.32 Å². The third-order valence-corrected chi connectivity index (χ3v) is 3.42. The van der Waals surface area contributed by atoms with Crippen LogP contribution in [-0.2, 0) is 0 Å². The quantitative estimate of drug-likeness (QED) is 0.760. The number of pyridine rings is 2. The normalized spacial score (nSPS) is 12.6. The Hall–Kier alpha value is -3.23. The van der Waals surface area contributed by atoms with Crippen LogP contribution in [0.2, 0.25) is 0 Å². The van der Waals surface area contributed by atoms with Crippen molar-refractivity contribution in [2.45, 2.75) is 12.2 Å². The minimum Gasteiger partial charge on any atom is -0.335 e. The lowest BCUT2D eigenvalue weighted by atomic mass is 10.1. The second-order valence-electron chi connectivity index (χ2n) is 5.14. The predicted octanol–water partition coefficient (Wildman–Crippen LogP) is 2.90. The van der Waals surface area contributed by atoms with Crippen LogP contribution in [0.15, 0.2) is 55.1 Å². The van der Waals surface area contributed by atoms with Crippen molar-refractivity contribution in [2.75, 3.05) is 0 Å². The summed E-state index contributed by atoms with van der Waals surface area (Å²) < 4.78 is 39.8. The first-order valence-corrected chi connectivity index (χ1v) is 7.18. The molecule has 2 N–H and O–H groups in total. The molecule has 3 rings (SSSR count). The third kappa shape index (κ3) is 3.82. The van der Waals surface area contributed by atoms with E-state index in [1.165, 1.54) is 24.4 Å². The molecular formula is C16H12F3N5O. The number of amides is 1. The van der Waals surface area contributed by atoms with Crippen LogP contribution in [0.4, 0.5) is 13.2 Å². The Morgan fingerprint density at radius 1 is 1.12 bits per heavy atom. The summed E-state index contributed by atoms with van der Waals surface area (Å²) in [7, 11) is 0. The summed E-state index contributed by atoms with van der Waals surface area (Å²) in [6.45, 7) is 0. The summed E-state index contributed by atoms with van der Waals surface area (Å²) in [5.41, 5.74) is 0.879. The molecule has 3 heterocycles. The van der Waals surface area contributed by atoms with E-state index in [0.717, 1.165) is 6.20 Å². The standard InChI is InChI=1S/C16H12F3N5O/c17-16(18,19)14(11-2-1-5-21-9-11)22-15(25)13-8-12(23-24-13)10-3-6-20-7-4-10/h1-9,14H,(H,22,25)(H,23,24). The highest BCUT2D eigenvalue weighted by atomic mass is 19.4. The van der Waals surface area contributed by atoms with Crippen molar-refractivity contribution in [1.29, 1.82) is 0 Å². The second-order valence-corrected chi connectivity index (χ2v) is 5.14. The first-order valence-electron chi connectivity index (χ1n) is 7.18. The molecule has 0 bridgehead atoms. The van der Waals surface area contributed by atoms with Crippen LogP contribution >= 0.6 is 0 Å². The average molecular weight is 347 g/mol. The molecule has 3 aromatic rings. The van der Waals surface area contributed by atoms with Gasteiger partial charge in [0.2, 0.25) is 0 Å². The largest absolute Gasteiger partial charge is 0.412 e. The number of halogens is 3. The van der Waals surface area contributed by atoms with E-state index < -0.39 is 18.1 Å². The number of hydrogen-bond acceptors (Lipinski definition) is 4. The summed E-state index contributed by atoms with van der Waals surface area (Å²) in [6, 6.07) is 5.18. The van der Waals surface area contributed by atoms with Crippen LogP contribution in [0.1, 0.15) is 22.1 Å². The maximum atomic E-state index is 13.3. The summed E-state index contributed by atoms with van der Waals surface area (Å²) >= 11 is 0. The zero-order valence-corrected chi connectivity index (χ0v) is 12.7. The van der Waals surface area contributed by atoms with Gasteiger partial charge in [0, 0.05) is 35.9 Å². The highest BCUT2D eigenvalue weighted by Gasteiger charge is 2.42. The minimum atomic E-state index is -4.66. The molecule has 0 fully saturated rings. The predicted molar refractivity (Wildman–Crippen MR) is 82.3 cm³/mol. The Balaban J connectivity index is 1.82. The second kappa shape index (κ2) is 6.71. The molecule has 6 nitrogen and oxygen atoms in total. The Bertz CT molecular complexity index is 849. The van der Waals surface area contributed by atoms with E-state index in [1.54, 1.807) is 24.5 Å². The van der Waals surface area contributed by atoms with E-state index in [0.29, 0.717) is 11.3 Å². The molecule has 0 saturated carbocycles. The number of carbonyl (C=O) groups excluding carboxylic acids is 1. The van der Waals surface area contributed by atoms with E-state index in [1.807, 2.05) is 5.32 Å². The van der Waals surface area contributed by atoms with E-state index >= 15 is 0 Å². The number of H-pyrrole nitrogens is 1. The number of hydrogen-bond donors (Lipinski definition) is 2. The first kappa shape index (κ1) is 16.6. The molecule has 0 aliphatic rings. The fourth-order valence-corrected chi connectivity index (χ4v) is 2.22. The van der Waals surface area contributed by atoms with Crippen molar-refractivity contribution >= 4 is 5.91 Å². The molecule has 3 aromatic heterocycles. The molecule has 0 radical (unpaired) electrons. The van der Waals surface area contributed by atoms with Crippen LogP contribution in [0, 0.1) is 0 Å². The molecule has 0 aromatic carbocycles. The summed E-state index contributed by atoms with van der Waals surface area (Å²) in [5, 5.41) is 8.36. The number of aromatic amines is 1. The molecule has 1 amide bonds. The number of alkyl halides is 3. The van der Waals surface area contributed by atoms with E-state index in [4.69, 9.17) is 0 Å².